The van der Waals surface area contributed by atoms with Gasteiger partial charge in [0.2, 0.25) is 5.91 Å². The number of hydrogen-bond donors (Lipinski definition) is 1. The number of carbonyl (C=O) groups excluding carboxylic acids is 1. The molecule has 3 rings (SSSR count). The zero-order valence-electron chi connectivity index (χ0n) is 15.2. The molecule has 0 radical (unpaired) electrons. The van der Waals surface area contributed by atoms with Gasteiger partial charge in [0.25, 0.3) is 0 Å². The molecule has 1 aromatic heterocycles. The smallest absolute Gasteiger partial charge is 0.324 e. The van der Waals surface area contributed by atoms with Gasteiger partial charge in [-0.15, -0.1) is 10.2 Å². The average molecular weight is 441 g/mol. The fourth-order valence-corrected chi connectivity index (χ4v) is 3.56. The number of nitrogens with zero attached hydrogens (tertiary/aromatic N) is 3. The van der Waals surface area contributed by atoms with Crippen LogP contribution in [-0.4, -0.2) is 26.4 Å². The maximum Gasteiger partial charge on any atom is 0.416 e. The third kappa shape index (κ3) is 5.10. The molecular formula is C19H16ClF3N4OS. The lowest BCUT2D eigenvalue weighted by Gasteiger charge is -2.11. The summed E-state index contributed by atoms with van der Waals surface area (Å²) in [6, 6.07) is 12.3. The molecule has 0 saturated heterocycles. The van der Waals surface area contributed by atoms with E-state index in [0.717, 1.165) is 35.5 Å². The van der Waals surface area contributed by atoms with Crippen LogP contribution in [-0.2, 0) is 17.5 Å². The van der Waals surface area contributed by atoms with Gasteiger partial charge in [-0.1, -0.05) is 53.7 Å². The maximum atomic E-state index is 12.9. The van der Waals surface area contributed by atoms with E-state index in [2.05, 4.69) is 15.5 Å². The average Bonchev–Trinajstić information content (AvgIpc) is 3.11. The van der Waals surface area contributed by atoms with Crippen LogP contribution in [0.4, 0.5) is 18.9 Å². The Labute approximate surface area is 174 Å². The monoisotopic (exact) mass is 440 g/mol. The molecule has 0 aliphatic carbocycles. The van der Waals surface area contributed by atoms with Crippen LogP contribution in [0.3, 0.4) is 0 Å². The molecule has 0 unspecified atom stereocenters. The number of rotatable bonds is 6. The summed E-state index contributed by atoms with van der Waals surface area (Å²) >= 11 is 7.05. The molecule has 0 fully saturated rings. The number of halogens is 4. The van der Waals surface area contributed by atoms with Gasteiger partial charge in [0, 0.05) is 12.1 Å². The van der Waals surface area contributed by atoms with Gasteiger partial charge in [0.1, 0.15) is 0 Å². The molecule has 1 N–H and O–H groups in total. The van der Waals surface area contributed by atoms with E-state index in [9.17, 15) is 18.0 Å². The highest BCUT2D eigenvalue weighted by Gasteiger charge is 2.31. The quantitative estimate of drug-likeness (QED) is 0.523. The van der Waals surface area contributed by atoms with Crippen LogP contribution < -0.4 is 5.32 Å². The molecule has 0 bridgehead atoms. The standard InChI is InChI=1S/C19H16ClF3N4OS/c1-2-27-17(12-6-4-3-5-7-12)25-26-18(27)29-11-16(28)24-15-10-13(19(21,22)23)8-9-14(15)20/h3-10H,2,11H2,1H3,(H,24,28). The van der Waals surface area contributed by atoms with Crippen LogP contribution in [0, 0.1) is 0 Å². The van der Waals surface area contributed by atoms with E-state index in [1.807, 2.05) is 41.8 Å². The van der Waals surface area contributed by atoms with Crippen molar-refractivity contribution in [2.75, 3.05) is 11.1 Å². The van der Waals surface area contributed by atoms with Crippen LogP contribution >= 0.6 is 23.4 Å². The summed E-state index contributed by atoms with van der Waals surface area (Å²) in [4.78, 5) is 12.2. The lowest BCUT2D eigenvalue weighted by atomic mass is 10.2. The van der Waals surface area contributed by atoms with Crippen LogP contribution in [0.5, 0.6) is 0 Å². The Morgan fingerprint density at radius 2 is 1.90 bits per heavy atom. The molecular weight excluding hydrogens is 425 g/mol. The molecule has 1 heterocycles. The van der Waals surface area contributed by atoms with Gasteiger partial charge in [-0.2, -0.15) is 13.2 Å². The van der Waals surface area contributed by atoms with E-state index in [0.29, 0.717) is 17.5 Å². The number of thioether (sulfide) groups is 1. The predicted octanol–water partition coefficient (Wildman–Crippen LogP) is 5.37. The number of aromatic nitrogens is 3. The van der Waals surface area contributed by atoms with Gasteiger partial charge >= 0.3 is 6.18 Å². The number of amides is 1. The molecule has 152 valence electrons. The minimum Gasteiger partial charge on any atom is -0.324 e. The number of carbonyl (C=O) groups is 1. The Morgan fingerprint density at radius 1 is 1.17 bits per heavy atom. The first-order valence-electron chi connectivity index (χ1n) is 8.57. The highest BCUT2D eigenvalue weighted by molar-refractivity contribution is 7.99. The zero-order chi connectivity index (χ0) is 21.0. The van der Waals surface area contributed by atoms with Crippen molar-refractivity contribution in [3.8, 4) is 11.4 Å². The molecule has 0 spiro atoms. The fourth-order valence-electron chi connectivity index (χ4n) is 2.60. The van der Waals surface area contributed by atoms with Crippen LogP contribution in [0.15, 0.2) is 53.7 Å². The van der Waals surface area contributed by atoms with Crippen molar-refractivity contribution in [3.05, 3.63) is 59.1 Å². The normalized spacial score (nSPS) is 11.5. The van der Waals surface area contributed by atoms with Crippen molar-refractivity contribution in [2.24, 2.45) is 0 Å². The van der Waals surface area contributed by atoms with Crippen molar-refractivity contribution in [3.63, 3.8) is 0 Å². The Kier molecular flexibility index (Phi) is 6.49. The highest BCUT2D eigenvalue weighted by atomic mass is 35.5. The van der Waals surface area contributed by atoms with Crippen molar-refractivity contribution in [2.45, 2.75) is 24.8 Å². The first-order chi connectivity index (χ1) is 13.8. The Bertz CT molecular complexity index is 1010. The second kappa shape index (κ2) is 8.87. The minimum atomic E-state index is -4.52. The third-order valence-corrected chi connectivity index (χ3v) is 5.26. The van der Waals surface area contributed by atoms with E-state index in [1.165, 1.54) is 0 Å². The number of anilines is 1. The lowest BCUT2D eigenvalue weighted by molar-refractivity contribution is -0.137. The molecule has 10 heteroatoms. The van der Waals surface area contributed by atoms with E-state index < -0.39 is 17.6 Å². The number of alkyl halides is 3. The second-order valence-electron chi connectivity index (χ2n) is 5.95. The van der Waals surface area contributed by atoms with E-state index >= 15 is 0 Å². The summed E-state index contributed by atoms with van der Waals surface area (Å²) in [5.74, 6) is 0.125. The molecule has 5 nitrogen and oxygen atoms in total. The SMILES string of the molecule is CCn1c(SCC(=O)Nc2cc(C(F)(F)F)ccc2Cl)nnc1-c1ccccc1. The summed E-state index contributed by atoms with van der Waals surface area (Å²) < 4.78 is 40.4. The summed E-state index contributed by atoms with van der Waals surface area (Å²) in [6.45, 7) is 2.53. The largest absolute Gasteiger partial charge is 0.416 e. The minimum absolute atomic E-state index is 0.0273. The van der Waals surface area contributed by atoms with Crippen LogP contribution in [0.2, 0.25) is 5.02 Å². The highest BCUT2D eigenvalue weighted by Crippen LogP contribution is 2.34. The van der Waals surface area contributed by atoms with Gasteiger partial charge in [-0.25, -0.2) is 0 Å². The van der Waals surface area contributed by atoms with Crippen molar-refractivity contribution in [1.82, 2.24) is 14.8 Å². The number of nitrogens with one attached hydrogen (secondary N) is 1. The number of hydrogen-bond acceptors (Lipinski definition) is 4. The number of benzene rings is 2. The zero-order valence-corrected chi connectivity index (χ0v) is 16.8. The Morgan fingerprint density at radius 3 is 2.55 bits per heavy atom. The van der Waals surface area contributed by atoms with E-state index in [1.54, 1.807) is 0 Å². The van der Waals surface area contributed by atoms with Crippen LogP contribution in [0.25, 0.3) is 11.4 Å². The van der Waals surface area contributed by atoms with Crippen molar-refractivity contribution >= 4 is 35.0 Å². The fraction of sp³-hybridized carbons (Fsp3) is 0.211. The van der Waals surface area contributed by atoms with Crippen LogP contribution in [0.1, 0.15) is 12.5 Å². The second-order valence-corrected chi connectivity index (χ2v) is 7.30. The topological polar surface area (TPSA) is 59.8 Å². The van der Waals surface area contributed by atoms with Crippen molar-refractivity contribution < 1.29 is 18.0 Å². The first kappa shape index (κ1) is 21.2. The predicted molar refractivity (Wildman–Crippen MR) is 107 cm³/mol. The van der Waals surface area contributed by atoms with Gasteiger partial charge in [-0.3, -0.25) is 4.79 Å². The lowest BCUT2D eigenvalue weighted by Crippen LogP contribution is -2.16. The Hall–Kier alpha value is -2.52. The van der Waals surface area contributed by atoms with Crippen molar-refractivity contribution in [1.29, 1.82) is 0 Å². The summed E-state index contributed by atoms with van der Waals surface area (Å²) in [5.41, 5.74) is -0.0778. The summed E-state index contributed by atoms with van der Waals surface area (Å²) in [6.07, 6.45) is -4.52. The Balaban J connectivity index is 1.70. The third-order valence-electron chi connectivity index (χ3n) is 3.97. The molecule has 0 aliphatic heterocycles. The molecule has 0 saturated carbocycles. The molecule has 0 atom stereocenters. The van der Waals surface area contributed by atoms with E-state index in [-0.39, 0.29) is 16.5 Å². The summed E-state index contributed by atoms with van der Waals surface area (Å²) in [7, 11) is 0. The maximum absolute atomic E-state index is 12.9. The molecule has 3 aromatic rings. The van der Waals surface area contributed by atoms with Gasteiger partial charge in [0.15, 0.2) is 11.0 Å². The van der Waals surface area contributed by atoms with E-state index in [4.69, 9.17) is 11.6 Å². The van der Waals surface area contributed by atoms with Gasteiger partial charge in [-0.05, 0) is 25.1 Å². The van der Waals surface area contributed by atoms with Gasteiger partial charge in [0.05, 0.1) is 22.0 Å². The summed E-state index contributed by atoms with van der Waals surface area (Å²) in [5, 5.41) is 11.3. The molecule has 2 aromatic carbocycles. The molecule has 29 heavy (non-hydrogen) atoms. The first-order valence-corrected chi connectivity index (χ1v) is 9.94. The molecule has 0 aliphatic rings. The molecule has 1 amide bonds. The van der Waals surface area contributed by atoms with Gasteiger partial charge < -0.3 is 9.88 Å².